The quantitative estimate of drug-likeness (QED) is 0.211. The molecule has 0 aliphatic carbocycles. The second-order valence-corrected chi connectivity index (χ2v) is 12.8. The number of benzene rings is 2. The van der Waals surface area contributed by atoms with Gasteiger partial charge in [0.1, 0.15) is 11.3 Å². The third kappa shape index (κ3) is 5.41. The van der Waals surface area contributed by atoms with E-state index >= 15 is 0 Å². The number of carbonyl (C=O) groups excluding carboxylic acids is 2. The SMILES string of the molecule is [C-]#[N+]c1ccc(-c2cc(C(=O)N3C4CCC3C(NC(=O)C(F)(F)F)C4)sc2-c2ccc3c(c2)nnn3CC(C)(C)O)cc1F. The number of nitrogens with one attached hydrogen (secondary N) is 1. The van der Waals surface area contributed by atoms with Crippen LogP contribution in [0.5, 0.6) is 0 Å². The molecule has 0 saturated carbocycles. The third-order valence-electron chi connectivity index (χ3n) is 7.98. The van der Waals surface area contributed by atoms with E-state index in [-0.39, 0.29) is 30.6 Å². The molecular formula is C30H26F4N6O3S. The van der Waals surface area contributed by atoms with E-state index in [2.05, 4.69) is 20.5 Å². The van der Waals surface area contributed by atoms with Gasteiger partial charge in [-0.3, -0.25) is 9.59 Å². The summed E-state index contributed by atoms with van der Waals surface area (Å²) in [5, 5.41) is 20.7. The molecule has 4 heterocycles. The summed E-state index contributed by atoms with van der Waals surface area (Å²) in [5.74, 6) is -3.12. The van der Waals surface area contributed by atoms with Crippen molar-refractivity contribution in [1.29, 1.82) is 0 Å². The number of carbonyl (C=O) groups is 2. The van der Waals surface area contributed by atoms with Crippen LogP contribution in [0.25, 0.3) is 37.4 Å². The van der Waals surface area contributed by atoms with Gasteiger partial charge < -0.3 is 15.3 Å². The van der Waals surface area contributed by atoms with Crippen molar-refractivity contribution in [3.63, 3.8) is 0 Å². The Kier molecular flexibility index (Phi) is 7.21. The molecule has 14 heteroatoms. The highest BCUT2D eigenvalue weighted by Gasteiger charge is 2.51. The van der Waals surface area contributed by atoms with E-state index in [4.69, 9.17) is 6.57 Å². The molecule has 0 radical (unpaired) electrons. The van der Waals surface area contributed by atoms with Crippen LogP contribution in [0.4, 0.5) is 23.2 Å². The molecule has 2 fully saturated rings. The van der Waals surface area contributed by atoms with E-state index in [0.29, 0.717) is 50.3 Å². The van der Waals surface area contributed by atoms with Crippen molar-refractivity contribution < 1.29 is 32.3 Å². The molecule has 4 aromatic rings. The highest BCUT2D eigenvalue weighted by molar-refractivity contribution is 7.18. The number of fused-ring (bicyclic) bond motifs is 3. The van der Waals surface area contributed by atoms with Gasteiger partial charge in [0.15, 0.2) is 0 Å². The summed E-state index contributed by atoms with van der Waals surface area (Å²) < 4.78 is 55.1. The van der Waals surface area contributed by atoms with Crippen LogP contribution in [0.15, 0.2) is 42.5 Å². The highest BCUT2D eigenvalue weighted by Crippen LogP contribution is 2.44. The summed E-state index contributed by atoms with van der Waals surface area (Å²) >= 11 is 1.16. The molecule has 228 valence electrons. The van der Waals surface area contributed by atoms with Crippen LogP contribution in [-0.4, -0.2) is 66.7 Å². The zero-order valence-corrected chi connectivity index (χ0v) is 24.3. The Morgan fingerprint density at radius 3 is 2.57 bits per heavy atom. The predicted octanol–water partition coefficient (Wildman–Crippen LogP) is 5.71. The fourth-order valence-corrected chi connectivity index (χ4v) is 7.25. The molecule has 2 N–H and O–H groups in total. The first-order valence-electron chi connectivity index (χ1n) is 13.8. The van der Waals surface area contributed by atoms with E-state index in [9.17, 15) is 32.3 Å². The molecule has 2 aliphatic heterocycles. The Balaban J connectivity index is 1.38. The average molecular weight is 627 g/mol. The molecule has 44 heavy (non-hydrogen) atoms. The molecule has 0 spiro atoms. The van der Waals surface area contributed by atoms with Crippen LogP contribution in [0, 0.1) is 12.4 Å². The summed E-state index contributed by atoms with van der Waals surface area (Å²) in [6.45, 7) is 10.7. The summed E-state index contributed by atoms with van der Waals surface area (Å²) in [6.07, 6.45) is -3.72. The largest absolute Gasteiger partial charge is 0.471 e. The van der Waals surface area contributed by atoms with Crippen molar-refractivity contribution in [2.75, 3.05) is 0 Å². The number of rotatable bonds is 6. The van der Waals surface area contributed by atoms with E-state index < -0.39 is 35.6 Å². The molecule has 9 nitrogen and oxygen atoms in total. The molecule has 2 bridgehead atoms. The average Bonchev–Trinajstić information content (AvgIpc) is 3.73. The maximum Gasteiger partial charge on any atom is 0.471 e. The Labute approximate surface area is 252 Å². The smallest absolute Gasteiger partial charge is 0.389 e. The summed E-state index contributed by atoms with van der Waals surface area (Å²) in [6, 6.07) is 9.48. The zero-order valence-electron chi connectivity index (χ0n) is 23.5. The van der Waals surface area contributed by atoms with Gasteiger partial charge in [0.2, 0.25) is 5.69 Å². The molecule has 2 aliphatic rings. The van der Waals surface area contributed by atoms with Crippen LogP contribution in [0.1, 0.15) is 42.8 Å². The Morgan fingerprint density at radius 1 is 1.14 bits per heavy atom. The number of amides is 2. The van der Waals surface area contributed by atoms with Gasteiger partial charge in [-0.1, -0.05) is 23.4 Å². The molecule has 2 saturated heterocycles. The van der Waals surface area contributed by atoms with Crippen molar-refractivity contribution in [1.82, 2.24) is 25.2 Å². The normalized spacial score (nSPS) is 19.9. The van der Waals surface area contributed by atoms with Crippen LogP contribution in [-0.2, 0) is 11.3 Å². The van der Waals surface area contributed by atoms with Gasteiger partial charge >= 0.3 is 12.1 Å². The maximum atomic E-state index is 14.7. The first-order valence-corrected chi connectivity index (χ1v) is 14.6. The van der Waals surface area contributed by atoms with Gasteiger partial charge in [-0.05, 0) is 68.5 Å². The summed E-state index contributed by atoms with van der Waals surface area (Å²) in [5.41, 5.74) is 1.68. The molecule has 3 atom stereocenters. The van der Waals surface area contributed by atoms with Gasteiger partial charge in [-0.2, -0.15) is 13.2 Å². The van der Waals surface area contributed by atoms with Gasteiger partial charge in [-0.15, -0.1) is 16.4 Å². The number of nitrogens with zero attached hydrogens (tertiary/aromatic N) is 5. The summed E-state index contributed by atoms with van der Waals surface area (Å²) in [7, 11) is 0. The van der Waals surface area contributed by atoms with Crippen LogP contribution < -0.4 is 5.32 Å². The van der Waals surface area contributed by atoms with Crippen molar-refractivity contribution in [3.8, 4) is 21.6 Å². The Hall–Kier alpha value is -4.35. The van der Waals surface area contributed by atoms with Gasteiger partial charge in [-0.25, -0.2) is 13.9 Å². The number of thiophene rings is 1. The topological polar surface area (TPSA) is 105 Å². The Bertz CT molecular complexity index is 1840. The standard InChI is InChI=1S/C30H26F4N6O3S/c1-29(2,43)14-39-23-8-5-16(11-22(23)37-38-39)26-18(15-4-7-20(35-3)19(31)10-15)13-25(44-26)27(41)40-17-6-9-24(40)21(12-17)36-28(42)30(32,33)34/h4-5,7-8,10-11,13,17,21,24,43H,6,9,12,14H2,1-2H3,(H,36,42). The molecule has 2 amide bonds. The Morgan fingerprint density at radius 2 is 1.89 bits per heavy atom. The van der Waals surface area contributed by atoms with E-state index in [0.717, 1.165) is 11.3 Å². The zero-order chi connectivity index (χ0) is 31.6. The number of aliphatic hydroxyl groups is 1. The first-order chi connectivity index (χ1) is 20.7. The van der Waals surface area contributed by atoms with E-state index in [1.807, 2.05) is 6.07 Å². The van der Waals surface area contributed by atoms with Crippen molar-refractivity contribution in [2.45, 2.75) is 69.6 Å². The molecule has 6 rings (SSSR count). The van der Waals surface area contributed by atoms with Crippen molar-refractivity contribution in [2.24, 2.45) is 0 Å². The minimum absolute atomic E-state index is 0.146. The lowest BCUT2D eigenvalue weighted by Crippen LogP contribution is -2.49. The highest BCUT2D eigenvalue weighted by atomic mass is 32.1. The first kappa shape index (κ1) is 29.7. The van der Waals surface area contributed by atoms with E-state index in [1.54, 1.807) is 47.7 Å². The third-order valence-corrected chi connectivity index (χ3v) is 9.15. The number of hydrogen-bond acceptors (Lipinski definition) is 6. The lowest BCUT2D eigenvalue weighted by molar-refractivity contribution is -0.174. The minimum Gasteiger partial charge on any atom is -0.389 e. The van der Waals surface area contributed by atoms with Crippen molar-refractivity contribution >= 4 is 39.9 Å². The van der Waals surface area contributed by atoms with Crippen LogP contribution >= 0.6 is 11.3 Å². The molecule has 2 aromatic heterocycles. The second kappa shape index (κ2) is 10.7. The van der Waals surface area contributed by atoms with E-state index in [1.165, 1.54) is 12.1 Å². The number of hydrogen-bond donors (Lipinski definition) is 2. The fraction of sp³-hybridized carbons (Fsp3) is 0.367. The number of halogens is 4. The number of aromatic nitrogens is 3. The maximum absolute atomic E-state index is 14.7. The van der Waals surface area contributed by atoms with Gasteiger partial charge in [0.25, 0.3) is 5.91 Å². The monoisotopic (exact) mass is 626 g/mol. The number of alkyl halides is 3. The van der Waals surface area contributed by atoms with Crippen LogP contribution in [0.2, 0.25) is 0 Å². The van der Waals surface area contributed by atoms with Crippen molar-refractivity contribution in [3.05, 3.63) is 64.6 Å². The lowest BCUT2D eigenvalue weighted by atomic mass is 9.95. The van der Waals surface area contributed by atoms with Crippen LogP contribution in [0.3, 0.4) is 0 Å². The van der Waals surface area contributed by atoms with Gasteiger partial charge in [0.05, 0.1) is 41.2 Å². The minimum atomic E-state index is -5.02. The molecule has 2 aromatic carbocycles. The summed E-state index contributed by atoms with van der Waals surface area (Å²) in [4.78, 5) is 31.2. The molecule has 3 unspecified atom stereocenters. The fourth-order valence-electron chi connectivity index (χ4n) is 6.12. The lowest BCUT2D eigenvalue weighted by Gasteiger charge is -2.25. The van der Waals surface area contributed by atoms with Gasteiger partial charge in [0, 0.05) is 16.5 Å². The predicted molar refractivity (Wildman–Crippen MR) is 154 cm³/mol. The second-order valence-electron chi connectivity index (χ2n) is 11.7. The molecular weight excluding hydrogens is 600 g/mol.